The standard InChI is InChI=1S/C17H23NO/c1-3-13(2)16-9-10-17(19)15(12-18-16)11-14-7-5-4-6-8-14/h4-8,12-13,16,18H,3,9-11H2,1-2H3/t13-,16+/m0/s1. The molecule has 1 N–H and O–H groups in total. The molecule has 1 heterocycles. The monoisotopic (exact) mass is 257 g/mol. The van der Waals surface area contributed by atoms with Crippen LogP contribution in [0.1, 0.15) is 38.7 Å². The number of carbonyl (C=O) groups is 1. The molecule has 1 aromatic rings. The zero-order chi connectivity index (χ0) is 13.7. The smallest absolute Gasteiger partial charge is 0.160 e. The number of carbonyl (C=O) groups excluding carboxylic acids is 1. The molecule has 0 fully saturated rings. The number of benzene rings is 1. The molecule has 0 radical (unpaired) electrons. The maximum atomic E-state index is 12.2. The molecular formula is C17H23NO. The summed E-state index contributed by atoms with van der Waals surface area (Å²) in [6, 6.07) is 10.6. The third kappa shape index (κ3) is 3.69. The van der Waals surface area contributed by atoms with Gasteiger partial charge in [-0.1, -0.05) is 50.6 Å². The van der Waals surface area contributed by atoms with Crippen LogP contribution in [0.4, 0.5) is 0 Å². The van der Waals surface area contributed by atoms with E-state index in [1.165, 1.54) is 5.56 Å². The maximum Gasteiger partial charge on any atom is 0.160 e. The Balaban J connectivity index is 2.07. The Morgan fingerprint density at radius 1 is 1.32 bits per heavy atom. The molecule has 2 rings (SSSR count). The minimum Gasteiger partial charge on any atom is -0.388 e. The first kappa shape index (κ1) is 13.9. The van der Waals surface area contributed by atoms with Crippen molar-refractivity contribution in [1.82, 2.24) is 5.32 Å². The van der Waals surface area contributed by atoms with Crippen molar-refractivity contribution in [3.8, 4) is 0 Å². The van der Waals surface area contributed by atoms with Crippen LogP contribution in [-0.4, -0.2) is 11.8 Å². The Morgan fingerprint density at radius 3 is 2.74 bits per heavy atom. The van der Waals surface area contributed by atoms with E-state index in [4.69, 9.17) is 0 Å². The minimum absolute atomic E-state index is 0.294. The van der Waals surface area contributed by atoms with Crippen molar-refractivity contribution in [2.24, 2.45) is 5.92 Å². The van der Waals surface area contributed by atoms with Gasteiger partial charge >= 0.3 is 0 Å². The van der Waals surface area contributed by atoms with Gasteiger partial charge in [0.05, 0.1) is 0 Å². The fourth-order valence-electron chi connectivity index (χ4n) is 2.52. The second-order valence-electron chi connectivity index (χ2n) is 5.45. The van der Waals surface area contributed by atoms with Crippen LogP contribution in [0.15, 0.2) is 42.1 Å². The molecule has 0 amide bonds. The number of nitrogens with one attached hydrogen (secondary N) is 1. The molecule has 0 aromatic heterocycles. The van der Waals surface area contributed by atoms with Crippen LogP contribution in [0, 0.1) is 5.92 Å². The molecule has 19 heavy (non-hydrogen) atoms. The summed E-state index contributed by atoms with van der Waals surface area (Å²) >= 11 is 0. The van der Waals surface area contributed by atoms with E-state index in [1.54, 1.807) is 0 Å². The lowest BCUT2D eigenvalue weighted by Gasteiger charge is -2.21. The van der Waals surface area contributed by atoms with Crippen LogP contribution < -0.4 is 5.32 Å². The van der Waals surface area contributed by atoms with Crippen molar-refractivity contribution < 1.29 is 4.79 Å². The molecule has 0 unspecified atom stereocenters. The largest absolute Gasteiger partial charge is 0.388 e. The fourth-order valence-corrected chi connectivity index (χ4v) is 2.52. The number of hydrogen-bond donors (Lipinski definition) is 1. The third-order valence-corrected chi connectivity index (χ3v) is 4.08. The molecule has 1 aliphatic heterocycles. The predicted molar refractivity (Wildman–Crippen MR) is 78.8 cm³/mol. The lowest BCUT2D eigenvalue weighted by Crippen LogP contribution is -2.30. The van der Waals surface area contributed by atoms with Gasteiger partial charge < -0.3 is 5.32 Å². The van der Waals surface area contributed by atoms with E-state index in [-0.39, 0.29) is 0 Å². The Labute approximate surface area is 115 Å². The zero-order valence-electron chi connectivity index (χ0n) is 11.9. The lowest BCUT2D eigenvalue weighted by molar-refractivity contribution is -0.115. The molecule has 0 saturated heterocycles. The van der Waals surface area contributed by atoms with Gasteiger partial charge in [-0.2, -0.15) is 0 Å². The average Bonchev–Trinajstić information content (AvgIpc) is 2.62. The normalized spacial score (nSPS) is 21.3. The lowest BCUT2D eigenvalue weighted by atomic mass is 9.94. The molecule has 1 aromatic carbocycles. The maximum absolute atomic E-state index is 12.2. The first-order chi connectivity index (χ1) is 9.20. The summed E-state index contributed by atoms with van der Waals surface area (Å²) in [5.74, 6) is 0.905. The Bertz CT molecular complexity index is 450. The highest BCUT2D eigenvalue weighted by Crippen LogP contribution is 2.19. The Morgan fingerprint density at radius 2 is 2.05 bits per heavy atom. The molecule has 0 aliphatic carbocycles. The SMILES string of the molecule is CC[C@H](C)[C@H]1CCC(=O)C(Cc2ccccc2)=CN1. The first-order valence-corrected chi connectivity index (χ1v) is 7.23. The summed E-state index contributed by atoms with van der Waals surface area (Å²) in [6.45, 7) is 4.45. The number of allylic oxidation sites excluding steroid dienone is 1. The van der Waals surface area contributed by atoms with Crippen LogP contribution in [0.2, 0.25) is 0 Å². The summed E-state index contributed by atoms with van der Waals surface area (Å²) in [5.41, 5.74) is 2.11. The summed E-state index contributed by atoms with van der Waals surface area (Å²) in [6.07, 6.45) is 5.45. The van der Waals surface area contributed by atoms with Crippen molar-refractivity contribution in [2.75, 3.05) is 0 Å². The van der Waals surface area contributed by atoms with E-state index >= 15 is 0 Å². The molecule has 0 saturated carbocycles. The van der Waals surface area contributed by atoms with Crippen molar-refractivity contribution in [3.63, 3.8) is 0 Å². The van der Waals surface area contributed by atoms with Gasteiger partial charge in [0, 0.05) is 30.7 Å². The van der Waals surface area contributed by atoms with Crippen LogP contribution in [0.3, 0.4) is 0 Å². The van der Waals surface area contributed by atoms with E-state index in [2.05, 4.69) is 31.3 Å². The number of rotatable bonds is 4. The Kier molecular flexibility index (Phi) is 4.78. The molecule has 0 spiro atoms. The van der Waals surface area contributed by atoms with Crippen molar-refractivity contribution in [3.05, 3.63) is 47.7 Å². The van der Waals surface area contributed by atoms with Gasteiger partial charge in [0.1, 0.15) is 0 Å². The van der Waals surface area contributed by atoms with E-state index in [9.17, 15) is 4.79 Å². The van der Waals surface area contributed by atoms with E-state index in [1.807, 2.05) is 24.4 Å². The second-order valence-corrected chi connectivity index (χ2v) is 5.45. The van der Waals surface area contributed by atoms with Gasteiger partial charge in [-0.15, -0.1) is 0 Å². The van der Waals surface area contributed by atoms with Crippen molar-refractivity contribution >= 4 is 5.78 Å². The van der Waals surface area contributed by atoms with E-state index in [0.29, 0.717) is 24.2 Å². The topological polar surface area (TPSA) is 29.1 Å². The third-order valence-electron chi connectivity index (χ3n) is 4.08. The summed E-state index contributed by atoms with van der Waals surface area (Å²) in [5, 5.41) is 3.45. The van der Waals surface area contributed by atoms with Gasteiger partial charge in [-0.3, -0.25) is 4.79 Å². The molecule has 2 nitrogen and oxygen atoms in total. The molecule has 102 valence electrons. The fraction of sp³-hybridized carbons (Fsp3) is 0.471. The number of hydrogen-bond acceptors (Lipinski definition) is 2. The first-order valence-electron chi connectivity index (χ1n) is 7.23. The zero-order valence-corrected chi connectivity index (χ0v) is 11.9. The highest BCUT2D eigenvalue weighted by atomic mass is 16.1. The second kappa shape index (κ2) is 6.55. The van der Waals surface area contributed by atoms with Crippen LogP contribution in [0.25, 0.3) is 0 Å². The minimum atomic E-state index is 0.294. The van der Waals surface area contributed by atoms with Crippen LogP contribution in [0.5, 0.6) is 0 Å². The predicted octanol–water partition coefficient (Wildman–Crippen LogP) is 3.48. The average molecular weight is 257 g/mol. The van der Waals surface area contributed by atoms with Crippen molar-refractivity contribution in [1.29, 1.82) is 0 Å². The summed E-state index contributed by atoms with van der Waals surface area (Å²) < 4.78 is 0. The van der Waals surface area contributed by atoms with Gasteiger partial charge in [0.2, 0.25) is 0 Å². The highest BCUT2D eigenvalue weighted by molar-refractivity contribution is 5.95. The van der Waals surface area contributed by atoms with Gasteiger partial charge in [-0.25, -0.2) is 0 Å². The summed E-state index contributed by atoms with van der Waals surface area (Å²) in [7, 11) is 0. The molecule has 1 aliphatic rings. The number of ketones is 1. The van der Waals surface area contributed by atoms with E-state index < -0.39 is 0 Å². The molecular weight excluding hydrogens is 234 g/mol. The number of Topliss-reactive ketones (excluding diaryl/α,β-unsaturated/α-hetero) is 1. The summed E-state index contributed by atoms with van der Waals surface area (Å²) in [4.78, 5) is 12.2. The molecule has 2 heteroatoms. The Hall–Kier alpha value is -1.57. The van der Waals surface area contributed by atoms with Crippen LogP contribution >= 0.6 is 0 Å². The quantitative estimate of drug-likeness (QED) is 0.894. The molecule has 0 bridgehead atoms. The van der Waals surface area contributed by atoms with Gasteiger partial charge in [0.25, 0.3) is 0 Å². The highest BCUT2D eigenvalue weighted by Gasteiger charge is 2.21. The molecule has 2 atom stereocenters. The van der Waals surface area contributed by atoms with Crippen LogP contribution in [-0.2, 0) is 11.2 Å². The van der Waals surface area contributed by atoms with Crippen molar-refractivity contribution in [2.45, 2.75) is 45.6 Å². The van der Waals surface area contributed by atoms with E-state index in [0.717, 1.165) is 24.8 Å². The van der Waals surface area contributed by atoms with Gasteiger partial charge in [0.15, 0.2) is 5.78 Å². The van der Waals surface area contributed by atoms with Gasteiger partial charge in [-0.05, 0) is 17.9 Å².